The van der Waals surface area contributed by atoms with E-state index in [-0.39, 0.29) is 54.2 Å². The fourth-order valence-corrected chi connectivity index (χ4v) is 3.40. The minimum Gasteiger partial charge on any atom is -0.460 e. The van der Waals surface area contributed by atoms with Gasteiger partial charge >= 0.3 is 5.97 Å². The van der Waals surface area contributed by atoms with Gasteiger partial charge in [0.05, 0.1) is 46.1 Å². The van der Waals surface area contributed by atoms with Gasteiger partial charge in [-0.2, -0.15) is 0 Å². The van der Waals surface area contributed by atoms with Crippen LogP contribution >= 0.6 is 31.9 Å². The van der Waals surface area contributed by atoms with Crippen LogP contribution < -0.4 is 16.4 Å². The summed E-state index contributed by atoms with van der Waals surface area (Å²) < 4.78 is 23.7. The lowest BCUT2D eigenvalue weighted by Crippen LogP contribution is -2.43. The second-order valence-corrected chi connectivity index (χ2v) is 9.62. The van der Waals surface area contributed by atoms with E-state index in [1.165, 1.54) is 4.68 Å². The molecule has 1 heterocycles. The first-order valence-corrected chi connectivity index (χ1v) is 12.5. The zero-order valence-electron chi connectivity index (χ0n) is 20.0. The predicted molar refractivity (Wildman–Crippen MR) is 132 cm³/mol. The standard InChI is InChI=1S/C21H33Br2N3O8/c1-5-25-19(29)17(22)18(23)20(30)26(25)14-15(27)24-7-9-32-11-13-33-12-10-31-8-6-16(28)34-21(2,3)4/h5-14H2,1-4H3,(H,24,27). The molecule has 1 aromatic heterocycles. The minimum atomic E-state index is -0.501. The van der Waals surface area contributed by atoms with Crippen LogP contribution in [0, 0.1) is 0 Å². The van der Waals surface area contributed by atoms with Crippen molar-refractivity contribution in [3.63, 3.8) is 0 Å². The Bertz CT molecular complexity index is 924. The molecule has 0 aliphatic carbocycles. The molecule has 13 heteroatoms. The summed E-state index contributed by atoms with van der Waals surface area (Å²) in [6.07, 6.45) is 0.191. The summed E-state index contributed by atoms with van der Waals surface area (Å²) >= 11 is 6.16. The largest absolute Gasteiger partial charge is 0.460 e. The monoisotopic (exact) mass is 613 g/mol. The summed E-state index contributed by atoms with van der Waals surface area (Å²) in [5.74, 6) is -0.716. The first-order valence-electron chi connectivity index (χ1n) is 10.9. The molecule has 0 saturated heterocycles. The third kappa shape index (κ3) is 11.3. The number of rotatable bonds is 15. The van der Waals surface area contributed by atoms with Gasteiger partial charge in [0.1, 0.15) is 21.1 Å². The van der Waals surface area contributed by atoms with Crippen molar-refractivity contribution in [1.29, 1.82) is 0 Å². The number of hydrogen-bond acceptors (Lipinski definition) is 8. The van der Waals surface area contributed by atoms with Gasteiger partial charge in [0.2, 0.25) is 5.91 Å². The van der Waals surface area contributed by atoms with E-state index in [0.717, 1.165) is 4.68 Å². The van der Waals surface area contributed by atoms with Crippen molar-refractivity contribution in [2.45, 2.75) is 52.8 Å². The smallest absolute Gasteiger partial charge is 0.308 e. The van der Waals surface area contributed by atoms with Crippen LogP contribution in [0.15, 0.2) is 18.5 Å². The van der Waals surface area contributed by atoms with E-state index in [0.29, 0.717) is 26.4 Å². The van der Waals surface area contributed by atoms with E-state index in [2.05, 4.69) is 37.2 Å². The first-order chi connectivity index (χ1) is 16.0. The Kier molecular flexibility index (Phi) is 13.9. The second kappa shape index (κ2) is 15.5. The van der Waals surface area contributed by atoms with Crippen molar-refractivity contribution in [3.8, 4) is 0 Å². The van der Waals surface area contributed by atoms with E-state index in [9.17, 15) is 19.2 Å². The predicted octanol–water partition coefficient (Wildman–Crippen LogP) is 1.45. The van der Waals surface area contributed by atoms with Gasteiger partial charge in [-0.05, 0) is 59.6 Å². The summed E-state index contributed by atoms with van der Waals surface area (Å²) in [4.78, 5) is 48.3. The Morgan fingerprint density at radius 1 is 0.853 bits per heavy atom. The van der Waals surface area contributed by atoms with E-state index in [1.807, 2.05) is 20.8 Å². The number of ether oxygens (including phenoxy) is 4. The van der Waals surface area contributed by atoms with Gasteiger partial charge in [-0.15, -0.1) is 0 Å². The number of nitrogens with zero attached hydrogens (tertiary/aromatic N) is 2. The maximum absolute atomic E-state index is 12.4. The number of hydrogen-bond donors (Lipinski definition) is 1. The minimum absolute atomic E-state index is 0.0757. The molecule has 0 aliphatic rings. The first kappa shape index (κ1) is 30.5. The molecule has 194 valence electrons. The molecule has 11 nitrogen and oxygen atoms in total. The van der Waals surface area contributed by atoms with Crippen LogP contribution in [0.5, 0.6) is 0 Å². The number of carbonyl (C=O) groups excluding carboxylic acids is 2. The number of amides is 1. The van der Waals surface area contributed by atoms with Crippen molar-refractivity contribution < 1.29 is 28.5 Å². The molecule has 0 aromatic carbocycles. The van der Waals surface area contributed by atoms with Crippen LogP contribution in [-0.2, 0) is 41.6 Å². The quantitative estimate of drug-likeness (QED) is 0.232. The molecule has 1 amide bonds. The fraction of sp³-hybridized carbons (Fsp3) is 0.714. The summed E-state index contributed by atoms with van der Waals surface area (Å²) in [7, 11) is 0. The SMILES string of the molecule is CCn1c(=O)c(Br)c(Br)c(=O)n1CC(=O)NCCOCCOCCOCCC(=O)OC(C)(C)C. The van der Waals surface area contributed by atoms with E-state index >= 15 is 0 Å². The number of esters is 1. The fourth-order valence-electron chi connectivity index (χ4n) is 2.65. The Balaban J connectivity index is 2.14. The molecule has 0 spiro atoms. The van der Waals surface area contributed by atoms with E-state index in [1.54, 1.807) is 6.92 Å². The van der Waals surface area contributed by atoms with Crippen LogP contribution in [0.25, 0.3) is 0 Å². The molecule has 0 unspecified atom stereocenters. The summed E-state index contributed by atoms with van der Waals surface area (Å²) in [5.41, 5.74) is -1.39. The topological polar surface area (TPSA) is 127 Å². The van der Waals surface area contributed by atoms with Crippen molar-refractivity contribution >= 4 is 43.7 Å². The van der Waals surface area contributed by atoms with Crippen LogP contribution in [0.1, 0.15) is 34.1 Å². The molecule has 34 heavy (non-hydrogen) atoms. The molecule has 1 N–H and O–H groups in total. The summed E-state index contributed by atoms with van der Waals surface area (Å²) in [6, 6.07) is 0. The highest BCUT2D eigenvalue weighted by atomic mass is 79.9. The Labute approximate surface area is 215 Å². The number of halogens is 2. The molecule has 1 aromatic rings. The molecule has 0 radical (unpaired) electrons. The van der Waals surface area contributed by atoms with Crippen LogP contribution in [-0.4, -0.2) is 73.0 Å². The molecule has 0 bridgehead atoms. The van der Waals surface area contributed by atoms with Gasteiger partial charge < -0.3 is 24.3 Å². The highest BCUT2D eigenvalue weighted by Crippen LogP contribution is 2.13. The van der Waals surface area contributed by atoms with Crippen LogP contribution in [0.3, 0.4) is 0 Å². The maximum Gasteiger partial charge on any atom is 0.308 e. The summed E-state index contributed by atoms with van der Waals surface area (Å²) in [5, 5.41) is 2.65. The third-order valence-electron chi connectivity index (χ3n) is 4.10. The van der Waals surface area contributed by atoms with E-state index in [4.69, 9.17) is 18.9 Å². The zero-order valence-corrected chi connectivity index (χ0v) is 23.2. The number of carbonyl (C=O) groups is 2. The molecular weight excluding hydrogens is 582 g/mol. The lowest BCUT2D eigenvalue weighted by molar-refractivity contribution is -0.156. The third-order valence-corrected chi connectivity index (χ3v) is 6.11. The molecule has 0 atom stereocenters. The van der Waals surface area contributed by atoms with Gasteiger partial charge in [-0.25, -0.2) is 9.36 Å². The second-order valence-electron chi connectivity index (χ2n) is 8.04. The number of aromatic nitrogens is 2. The Morgan fingerprint density at radius 3 is 1.88 bits per heavy atom. The molecular formula is C21H33Br2N3O8. The van der Waals surface area contributed by atoms with Crippen molar-refractivity contribution in [3.05, 3.63) is 29.7 Å². The average molecular weight is 615 g/mol. The van der Waals surface area contributed by atoms with Crippen LogP contribution in [0.4, 0.5) is 0 Å². The lowest BCUT2D eigenvalue weighted by Gasteiger charge is -2.19. The van der Waals surface area contributed by atoms with Crippen molar-refractivity contribution in [2.75, 3.05) is 46.2 Å². The van der Waals surface area contributed by atoms with Crippen molar-refractivity contribution in [2.24, 2.45) is 0 Å². The van der Waals surface area contributed by atoms with Gasteiger partial charge in [0.25, 0.3) is 11.1 Å². The Hall–Kier alpha value is -1.54. The molecule has 1 rings (SSSR count). The summed E-state index contributed by atoms with van der Waals surface area (Å²) in [6.45, 7) is 9.29. The molecule has 0 saturated carbocycles. The Morgan fingerprint density at radius 2 is 1.35 bits per heavy atom. The molecule has 0 fully saturated rings. The normalized spacial score (nSPS) is 11.5. The lowest BCUT2D eigenvalue weighted by atomic mass is 10.2. The zero-order chi connectivity index (χ0) is 25.7. The van der Waals surface area contributed by atoms with Gasteiger partial charge in [0.15, 0.2) is 0 Å². The average Bonchev–Trinajstić information content (AvgIpc) is 2.75. The van der Waals surface area contributed by atoms with Gasteiger partial charge in [-0.1, -0.05) is 0 Å². The highest BCUT2D eigenvalue weighted by Gasteiger charge is 2.17. The van der Waals surface area contributed by atoms with Gasteiger partial charge in [-0.3, -0.25) is 19.2 Å². The van der Waals surface area contributed by atoms with Crippen LogP contribution in [0.2, 0.25) is 0 Å². The van der Waals surface area contributed by atoms with Gasteiger partial charge in [0, 0.05) is 13.1 Å². The van der Waals surface area contributed by atoms with E-state index < -0.39 is 22.6 Å². The number of nitrogens with one attached hydrogen (secondary N) is 1. The maximum atomic E-state index is 12.4. The highest BCUT2D eigenvalue weighted by molar-refractivity contribution is 9.13. The van der Waals surface area contributed by atoms with Crippen molar-refractivity contribution in [1.82, 2.24) is 14.7 Å². The molecule has 0 aliphatic heterocycles.